The Morgan fingerprint density at radius 2 is 1.68 bits per heavy atom. The van der Waals surface area contributed by atoms with E-state index in [1.54, 1.807) is 50.5 Å². The number of hydrogen-bond acceptors (Lipinski definition) is 7. The van der Waals surface area contributed by atoms with Gasteiger partial charge < -0.3 is 10.4 Å². The summed E-state index contributed by atoms with van der Waals surface area (Å²) in [5, 5.41) is 13.1. The van der Waals surface area contributed by atoms with Gasteiger partial charge in [0, 0.05) is 29.9 Å². The molecule has 0 atom stereocenters. The molecule has 0 radical (unpaired) electrons. The van der Waals surface area contributed by atoms with Crippen molar-refractivity contribution in [3.63, 3.8) is 0 Å². The van der Waals surface area contributed by atoms with Gasteiger partial charge in [0.25, 0.3) is 0 Å². The standard InChI is InChI=1S/C23H20N4O3S/c1-23(2,20(29)30)11-18(28)15-9-7-14(8-10-15)16-12-24-21(25-13-16)27-22-26-17-5-3-4-6-19(17)31-22/h3-10,12-13H,11H2,1-2H3,(H,29,30)(H,24,25,26,27). The van der Waals surface area contributed by atoms with Gasteiger partial charge in [-0.3, -0.25) is 9.59 Å². The summed E-state index contributed by atoms with van der Waals surface area (Å²) in [4.78, 5) is 36.9. The van der Waals surface area contributed by atoms with E-state index in [1.807, 2.05) is 24.3 Å². The van der Waals surface area contributed by atoms with Crippen LogP contribution in [-0.2, 0) is 4.79 Å². The number of carboxylic acid groups (broad SMARTS) is 1. The minimum Gasteiger partial charge on any atom is -0.481 e. The lowest BCUT2D eigenvalue weighted by atomic mass is 9.85. The van der Waals surface area contributed by atoms with Gasteiger partial charge in [0.2, 0.25) is 5.95 Å². The SMILES string of the molecule is CC(C)(CC(=O)c1ccc(-c2cnc(Nc3nc4ccccc4s3)nc2)cc1)C(=O)O. The number of aromatic nitrogens is 3. The van der Waals surface area contributed by atoms with Crippen LogP contribution >= 0.6 is 11.3 Å². The number of aliphatic carboxylic acids is 1. The van der Waals surface area contributed by atoms with E-state index in [4.69, 9.17) is 0 Å². The number of nitrogens with one attached hydrogen (secondary N) is 1. The number of carbonyl (C=O) groups is 2. The van der Waals surface area contributed by atoms with Crippen LogP contribution in [0.5, 0.6) is 0 Å². The number of thiazole rings is 1. The molecule has 0 aliphatic carbocycles. The van der Waals surface area contributed by atoms with Crippen LogP contribution in [0.2, 0.25) is 0 Å². The largest absolute Gasteiger partial charge is 0.481 e. The lowest BCUT2D eigenvalue weighted by molar-refractivity contribution is -0.146. The Bertz CT molecular complexity index is 1220. The predicted octanol–water partition coefficient (Wildman–Crippen LogP) is 5.18. The zero-order valence-electron chi connectivity index (χ0n) is 17.0. The van der Waals surface area contributed by atoms with E-state index in [0.29, 0.717) is 11.5 Å². The zero-order chi connectivity index (χ0) is 22.0. The van der Waals surface area contributed by atoms with E-state index >= 15 is 0 Å². The Kier molecular flexibility index (Phi) is 5.48. The number of anilines is 2. The second-order valence-electron chi connectivity index (χ2n) is 7.77. The fraction of sp³-hybridized carbons (Fsp3) is 0.174. The molecule has 2 aromatic carbocycles. The van der Waals surface area contributed by atoms with Crippen LogP contribution in [0.25, 0.3) is 21.3 Å². The summed E-state index contributed by atoms with van der Waals surface area (Å²) in [6.07, 6.45) is 3.34. The number of ketones is 1. The van der Waals surface area contributed by atoms with Gasteiger partial charge in [-0.15, -0.1) is 0 Å². The topological polar surface area (TPSA) is 105 Å². The molecule has 0 bridgehead atoms. The maximum atomic E-state index is 12.4. The van der Waals surface area contributed by atoms with Crippen LogP contribution in [0, 0.1) is 5.41 Å². The van der Waals surface area contributed by atoms with Crippen LogP contribution in [0.1, 0.15) is 30.6 Å². The van der Waals surface area contributed by atoms with E-state index in [0.717, 1.165) is 26.5 Å². The molecule has 8 heteroatoms. The molecule has 0 aliphatic rings. The fourth-order valence-corrected chi connectivity index (χ4v) is 3.85. The Morgan fingerprint density at radius 3 is 2.32 bits per heavy atom. The minimum absolute atomic E-state index is 0.0586. The lowest BCUT2D eigenvalue weighted by Crippen LogP contribution is -2.26. The molecule has 4 rings (SSSR count). The first-order valence-electron chi connectivity index (χ1n) is 9.63. The Labute approximate surface area is 182 Å². The van der Waals surface area contributed by atoms with Crippen molar-refractivity contribution < 1.29 is 14.7 Å². The van der Waals surface area contributed by atoms with E-state index < -0.39 is 11.4 Å². The molecule has 0 unspecified atom stereocenters. The Hall–Kier alpha value is -3.65. The summed E-state index contributed by atoms with van der Waals surface area (Å²) >= 11 is 1.53. The second-order valence-corrected chi connectivity index (χ2v) is 8.80. The first kappa shape index (κ1) is 20.6. The van der Waals surface area contributed by atoms with Crippen LogP contribution in [0.15, 0.2) is 60.9 Å². The number of nitrogens with zero attached hydrogens (tertiary/aromatic N) is 3. The van der Waals surface area contributed by atoms with E-state index in [2.05, 4.69) is 20.3 Å². The third-order valence-electron chi connectivity index (χ3n) is 4.89. The van der Waals surface area contributed by atoms with Gasteiger partial charge >= 0.3 is 5.97 Å². The van der Waals surface area contributed by atoms with Crippen molar-refractivity contribution in [3.05, 3.63) is 66.5 Å². The van der Waals surface area contributed by atoms with Crippen molar-refractivity contribution in [2.75, 3.05) is 5.32 Å². The molecule has 4 aromatic rings. The van der Waals surface area contributed by atoms with Crippen LogP contribution in [0.4, 0.5) is 11.1 Å². The first-order valence-corrected chi connectivity index (χ1v) is 10.5. The highest BCUT2D eigenvalue weighted by atomic mass is 32.1. The molecule has 7 nitrogen and oxygen atoms in total. The van der Waals surface area contributed by atoms with Crippen molar-refractivity contribution >= 4 is 44.4 Å². The molecule has 0 saturated carbocycles. The van der Waals surface area contributed by atoms with Crippen LogP contribution in [-0.4, -0.2) is 31.8 Å². The zero-order valence-corrected chi connectivity index (χ0v) is 17.8. The molecule has 0 fully saturated rings. The predicted molar refractivity (Wildman–Crippen MR) is 121 cm³/mol. The summed E-state index contributed by atoms with van der Waals surface area (Å²) in [5.41, 5.74) is 1.97. The van der Waals surface area contributed by atoms with Crippen molar-refractivity contribution in [1.29, 1.82) is 0 Å². The van der Waals surface area contributed by atoms with E-state index in [-0.39, 0.29) is 12.2 Å². The minimum atomic E-state index is -1.10. The number of fused-ring (bicyclic) bond motifs is 1. The number of carbonyl (C=O) groups excluding carboxylic acids is 1. The Morgan fingerprint density at radius 1 is 1.00 bits per heavy atom. The van der Waals surface area contributed by atoms with Gasteiger partial charge in [0.1, 0.15) is 0 Å². The normalized spacial score (nSPS) is 11.4. The number of carboxylic acids is 1. The maximum absolute atomic E-state index is 12.4. The summed E-state index contributed by atoms with van der Waals surface area (Å²) in [5.74, 6) is -0.745. The number of hydrogen-bond donors (Lipinski definition) is 2. The molecule has 2 aromatic heterocycles. The lowest BCUT2D eigenvalue weighted by Gasteiger charge is -2.17. The number of rotatable bonds is 7. The molecular formula is C23H20N4O3S. The number of benzene rings is 2. The van der Waals surface area contributed by atoms with E-state index in [9.17, 15) is 14.7 Å². The third-order valence-corrected chi connectivity index (χ3v) is 5.84. The van der Waals surface area contributed by atoms with Gasteiger partial charge in [0.15, 0.2) is 10.9 Å². The smallest absolute Gasteiger partial charge is 0.309 e. The summed E-state index contributed by atoms with van der Waals surface area (Å²) in [7, 11) is 0. The third kappa shape index (κ3) is 4.59. The first-order chi connectivity index (χ1) is 14.8. The monoisotopic (exact) mass is 432 g/mol. The molecule has 2 heterocycles. The molecule has 0 amide bonds. The molecular weight excluding hydrogens is 412 g/mol. The average Bonchev–Trinajstić information content (AvgIpc) is 3.16. The van der Waals surface area contributed by atoms with Crippen molar-refractivity contribution in [2.45, 2.75) is 20.3 Å². The Balaban J connectivity index is 1.45. The van der Waals surface area contributed by atoms with Gasteiger partial charge in [0.05, 0.1) is 15.6 Å². The van der Waals surface area contributed by atoms with Crippen molar-refractivity contribution in [3.8, 4) is 11.1 Å². The van der Waals surface area contributed by atoms with Crippen molar-refractivity contribution in [2.24, 2.45) is 5.41 Å². The highest BCUT2D eigenvalue weighted by Gasteiger charge is 2.30. The second kappa shape index (κ2) is 8.23. The summed E-state index contributed by atoms with van der Waals surface area (Å²) in [6, 6.07) is 14.9. The molecule has 31 heavy (non-hydrogen) atoms. The van der Waals surface area contributed by atoms with Gasteiger partial charge in [-0.05, 0) is 31.5 Å². The van der Waals surface area contributed by atoms with Crippen LogP contribution < -0.4 is 5.32 Å². The fourth-order valence-electron chi connectivity index (χ4n) is 2.99. The molecule has 2 N–H and O–H groups in total. The summed E-state index contributed by atoms with van der Waals surface area (Å²) < 4.78 is 1.09. The molecule has 0 spiro atoms. The van der Waals surface area contributed by atoms with Crippen LogP contribution in [0.3, 0.4) is 0 Å². The van der Waals surface area contributed by atoms with Gasteiger partial charge in [-0.1, -0.05) is 47.7 Å². The quantitative estimate of drug-likeness (QED) is 0.388. The highest BCUT2D eigenvalue weighted by Crippen LogP contribution is 2.28. The summed E-state index contributed by atoms with van der Waals surface area (Å²) in [6.45, 7) is 3.09. The maximum Gasteiger partial charge on any atom is 0.309 e. The van der Waals surface area contributed by atoms with E-state index in [1.165, 1.54) is 11.3 Å². The van der Waals surface area contributed by atoms with Gasteiger partial charge in [-0.25, -0.2) is 15.0 Å². The molecule has 0 saturated heterocycles. The number of Topliss-reactive ketones (excluding diaryl/α,β-unsaturated/α-hetero) is 1. The molecule has 0 aliphatic heterocycles. The van der Waals surface area contributed by atoms with Crippen molar-refractivity contribution in [1.82, 2.24) is 15.0 Å². The average molecular weight is 433 g/mol. The van der Waals surface area contributed by atoms with Gasteiger partial charge in [-0.2, -0.15) is 0 Å². The number of para-hydroxylation sites is 1. The highest BCUT2D eigenvalue weighted by molar-refractivity contribution is 7.22. The molecule has 156 valence electrons.